The van der Waals surface area contributed by atoms with E-state index in [9.17, 15) is 0 Å². The van der Waals surface area contributed by atoms with Crippen molar-refractivity contribution in [2.45, 2.75) is 25.9 Å². The van der Waals surface area contributed by atoms with Crippen molar-refractivity contribution >= 4 is 5.84 Å². The molecule has 0 bridgehead atoms. The smallest absolute Gasteiger partial charge is 0.105 e. The fourth-order valence-corrected chi connectivity index (χ4v) is 1.62. The number of hydrogen-bond donors (Lipinski definition) is 2. The molecule has 0 aromatic carbocycles. The molecule has 0 aromatic rings. The number of hydrogen-bond acceptors (Lipinski definition) is 3. The van der Waals surface area contributed by atoms with Gasteiger partial charge in [0, 0.05) is 13.2 Å². The summed E-state index contributed by atoms with van der Waals surface area (Å²) >= 11 is 0. The van der Waals surface area contributed by atoms with Crippen molar-refractivity contribution in [3.8, 4) is 0 Å². The molecule has 0 aromatic heterocycles. The molecule has 0 radical (unpaired) electrons. The Bertz CT molecular complexity index is 166. The molecule has 1 aliphatic rings. The minimum absolute atomic E-state index is 0.236. The molecule has 1 heterocycles. The predicted molar refractivity (Wildman–Crippen MR) is 53.0 cm³/mol. The van der Waals surface area contributed by atoms with E-state index in [1.807, 2.05) is 0 Å². The Kier molecular flexibility index (Phi) is 4.18. The summed E-state index contributed by atoms with van der Waals surface area (Å²) in [7, 11) is 0. The van der Waals surface area contributed by atoms with E-state index in [0.717, 1.165) is 26.1 Å². The lowest BCUT2D eigenvalue weighted by atomic mass is 10.2. The average molecular weight is 185 g/mol. The molecule has 76 valence electrons. The van der Waals surface area contributed by atoms with Crippen LogP contribution in [-0.4, -0.2) is 43.1 Å². The zero-order valence-corrected chi connectivity index (χ0v) is 8.25. The maximum absolute atomic E-state index is 7.20. The quantitative estimate of drug-likeness (QED) is 0.482. The molecule has 1 rings (SSSR count). The molecule has 1 unspecified atom stereocenters. The molecule has 1 aliphatic heterocycles. The van der Waals surface area contributed by atoms with Gasteiger partial charge in [0.2, 0.25) is 0 Å². The maximum atomic E-state index is 7.20. The van der Waals surface area contributed by atoms with Crippen LogP contribution in [0.15, 0.2) is 0 Å². The Hall–Kier alpha value is -0.610. The highest BCUT2D eigenvalue weighted by atomic mass is 16.5. The van der Waals surface area contributed by atoms with Crippen LogP contribution in [0.4, 0.5) is 0 Å². The third kappa shape index (κ3) is 3.74. The van der Waals surface area contributed by atoms with Crippen molar-refractivity contribution in [2.75, 3.05) is 26.2 Å². The van der Waals surface area contributed by atoms with E-state index in [-0.39, 0.29) is 5.84 Å². The molecular formula is C9H19N3O. The zero-order valence-electron chi connectivity index (χ0n) is 8.25. The number of nitrogens with zero attached hydrogens (tertiary/aromatic N) is 1. The summed E-state index contributed by atoms with van der Waals surface area (Å²) in [6.45, 7) is 5.38. The van der Waals surface area contributed by atoms with E-state index < -0.39 is 0 Å². The van der Waals surface area contributed by atoms with Gasteiger partial charge in [-0.05, 0) is 19.4 Å². The summed E-state index contributed by atoms with van der Waals surface area (Å²) in [6.07, 6.45) is 2.68. The topological polar surface area (TPSA) is 62.3 Å². The first-order valence-corrected chi connectivity index (χ1v) is 4.89. The van der Waals surface area contributed by atoms with Crippen LogP contribution in [0, 0.1) is 5.41 Å². The molecule has 0 aliphatic carbocycles. The van der Waals surface area contributed by atoms with Crippen LogP contribution in [0.25, 0.3) is 0 Å². The van der Waals surface area contributed by atoms with E-state index >= 15 is 0 Å². The van der Waals surface area contributed by atoms with Crippen LogP contribution < -0.4 is 5.73 Å². The van der Waals surface area contributed by atoms with Gasteiger partial charge in [0.25, 0.3) is 0 Å². The van der Waals surface area contributed by atoms with Crippen LogP contribution in [0.1, 0.15) is 19.8 Å². The summed E-state index contributed by atoms with van der Waals surface area (Å²) in [4.78, 5) is 2.15. The molecule has 4 nitrogen and oxygen atoms in total. The minimum atomic E-state index is 0.236. The number of nitrogens with two attached hydrogens (primary N) is 1. The van der Waals surface area contributed by atoms with E-state index in [1.165, 1.54) is 6.42 Å². The average Bonchev–Trinajstić information content (AvgIpc) is 2.55. The largest absolute Gasteiger partial charge is 0.387 e. The number of amidine groups is 1. The van der Waals surface area contributed by atoms with Crippen LogP contribution in [-0.2, 0) is 4.74 Å². The predicted octanol–water partition coefficient (Wildman–Crippen LogP) is 0.423. The number of rotatable bonds is 5. The molecule has 1 atom stereocenters. The second-order valence-corrected chi connectivity index (χ2v) is 3.49. The molecule has 0 spiro atoms. The summed E-state index contributed by atoms with van der Waals surface area (Å²) in [5.74, 6) is 0.236. The van der Waals surface area contributed by atoms with Crippen molar-refractivity contribution in [1.82, 2.24) is 4.90 Å². The highest BCUT2D eigenvalue weighted by molar-refractivity contribution is 5.78. The standard InChI is InChI=1S/C9H19N3O/c1-2-12(7-9(10)11)6-8-4-3-5-13-8/h8H,2-7H2,1H3,(H3,10,11). The van der Waals surface area contributed by atoms with E-state index in [1.54, 1.807) is 0 Å². The first-order valence-electron chi connectivity index (χ1n) is 4.89. The minimum Gasteiger partial charge on any atom is -0.387 e. The van der Waals surface area contributed by atoms with E-state index in [2.05, 4.69) is 11.8 Å². The normalized spacial score (nSPS) is 22.5. The van der Waals surface area contributed by atoms with Crippen molar-refractivity contribution in [1.29, 1.82) is 5.41 Å². The number of nitrogens with one attached hydrogen (secondary N) is 1. The molecule has 0 amide bonds. The molecular weight excluding hydrogens is 166 g/mol. The van der Waals surface area contributed by atoms with E-state index in [4.69, 9.17) is 15.9 Å². The lowest BCUT2D eigenvalue weighted by Gasteiger charge is -2.22. The van der Waals surface area contributed by atoms with Crippen molar-refractivity contribution < 1.29 is 4.74 Å². The monoisotopic (exact) mass is 185 g/mol. The van der Waals surface area contributed by atoms with Crippen LogP contribution >= 0.6 is 0 Å². The van der Waals surface area contributed by atoms with Crippen molar-refractivity contribution in [2.24, 2.45) is 5.73 Å². The molecule has 1 saturated heterocycles. The Morgan fingerprint density at radius 2 is 2.46 bits per heavy atom. The van der Waals surface area contributed by atoms with Crippen LogP contribution in [0.2, 0.25) is 0 Å². The van der Waals surface area contributed by atoms with Gasteiger partial charge in [-0.3, -0.25) is 10.3 Å². The Morgan fingerprint density at radius 3 is 2.92 bits per heavy atom. The second kappa shape index (κ2) is 5.19. The van der Waals surface area contributed by atoms with Gasteiger partial charge in [-0.15, -0.1) is 0 Å². The molecule has 3 N–H and O–H groups in total. The molecule has 0 saturated carbocycles. The van der Waals surface area contributed by atoms with Gasteiger partial charge in [0.05, 0.1) is 12.6 Å². The number of likely N-dealkylation sites (N-methyl/N-ethyl adjacent to an activating group) is 1. The van der Waals surface area contributed by atoms with Crippen LogP contribution in [0.3, 0.4) is 0 Å². The van der Waals surface area contributed by atoms with E-state index in [0.29, 0.717) is 12.6 Å². The third-order valence-corrected chi connectivity index (χ3v) is 2.33. The fourth-order valence-electron chi connectivity index (χ4n) is 1.62. The first kappa shape index (κ1) is 10.5. The van der Waals surface area contributed by atoms with Crippen molar-refractivity contribution in [3.63, 3.8) is 0 Å². The van der Waals surface area contributed by atoms with Gasteiger partial charge in [-0.1, -0.05) is 6.92 Å². The molecule has 13 heavy (non-hydrogen) atoms. The Morgan fingerprint density at radius 1 is 1.69 bits per heavy atom. The third-order valence-electron chi connectivity index (χ3n) is 2.33. The highest BCUT2D eigenvalue weighted by Gasteiger charge is 2.18. The molecule has 1 fully saturated rings. The van der Waals surface area contributed by atoms with Crippen molar-refractivity contribution in [3.05, 3.63) is 0 Å². The number of ether oxygens (including phenoxy) is 1. The lowest BCUT2D eigenvalue weighted by Crippen LogP contribution is -2.38. The summed E-state index contributed by atoms with van der Waals surface area (Å²) < 4.78 is 5.51. The Balaban J connectivity index is 2.25. The summed E-state index contributed by atoms with van der Waals surface area (Å²) in [6, 6.07) is 0. The molecule has 4 heteroatoms. The zero-order chi connectivity index (χ0) is 9.68. The van der Waals surface area contributed by atoms with Gasteiger partial charge in [-0.2, -0.15) is 0 Å². The Labute approximate surface area is 79.6 Å². The van der Waals surface area contributed by atoms with Crippen LogP contribution in [0.5, 0.6) is 0 Å². The van der Waals surface area contributed by atoms with Gasteiger partial charge in [0.1, 0.15) is 5.84 Å². The summed E-state index contributed by atoms with van der Waals surface area (Å²) in [5.41, 5.74) is 5.34. The fraction of sp³-hybridized carbons (Fsp3) is 0.889. The lowest BCUT2D eigenvalue weighted by molar-refractivity contribution is 0.0796. The van der Waals surface area contributed by atoms with Gasteiger partial charge < -0.3 is 10.5 Å². The highest BCUT2D eigenvalue weighted by Crippen LogP contribution is 2.12. The SMILES string of the molecule is CCN(CC(=N)N)CC1CCCO1. The summed E-state index contributed by atoms with van der Waals surface area (Å²) in [5, 5.41) is 7.20. The van der Waals surface area contributed by atoms with Gasteiger partial charge in [-0.25, -0.2) is 0 Å². The van der Waals surface area contributed by atoms with Gasteiger partial charge in [0.15, 0.2) is 0 Å². The maximum Gasteiger partial charge on any atom is 0.105 e. The second-order valence-electron chi connectivity index (χ2n) is 3.49. The first-order chi connectivity index (χ1) is 6.22. The van der Waals surface area contributed by atoms with Gasteiger partial charge >= 0.3 is 0 Å².